The second kappa shape index (κ2) is 9.77. The molecule has 3 rings (SSSR count). The zero-order chi connectivity index (χ0) is 21.9. The monoisotopic (exact) mass is 494 g/mol. The number of carbonyl (C=O) groups excluding carboxylic acids is 1. The van der Waals surface area contributed by atoms with Crippen LogP contribution in [0.2, 0.25) is 0 Å². The fourth-order valence-corrected chi connectivity index (χ4v) is 4.97. The summed E-state index contributed by atoms with van der Waals surface area (Å²) in [4.78, 5) is 28.3. The van der Waals surface area contributed by atoms with Gasteiger partial charge < -0.3 is 9.72 Å². The van der Waals surface area contributed by atoms with Gasteiger partial charge >= 0.3 is 6.09 Å². The molecule has 1 aliphatic carbocycles. The highest BCUT2D eigenvalue weighted by molar-refractivity contribution is 9.10. The van der Waals surface area contributed by atoms with E-state index in [1.54, 1.807) is 6.07 Å². The standard InChI is InChI=1S/C23H31BrN2O3S/c1-23(2,3)29-22(28)26(30)20-10-5-4-7-15(20)8-6-9-17-14-21(27)18-12-11-16(24)13-19(18)25-17/h11-15,20,30H,4-10H2,1-3H3,(H,25,27)/t15-,20-/m0/s1. The molecule has 30 heavy (non-hydrogen) atoms. The molecule has 1 amide bonds. The molecule has 0 bridgehead atoms. The first-order valence-corrected chi connectivity index (χ1v) is 11.9. The molecule has 1 heterocycles. The molecule has 1 N–H and O–H groups in total. The van der Waals surface area contributed by atoms with Crippen molar-refractivity contribution < 1.29 is 9.53 Å². The summed E-state index contributed by atoms with van der Waals surface area (Å²) in [5.74, 6) is 0.394. The summed E-state index contributed by atoms with van der Waals surface area (Å²) in [5.41, 5.74) is 1.33. The van der Waals surface area contributed by atoms with Crippen LogP contribution in [0.4, 0.5) is 4.79 Å². The van der Waals surface area contributed by atoms with Gasteiger partial charge in [0.1, 0.15) is 5.60 Å². The molecule has 2 aromatic rings. The first-order valence-electron chi connectivity index (χ1n) is 10.7. The van der Waals surface area contributed by atoms with Crippen LogP contribution in [0.5, 0.6) is 0 Å². The maximum Gasteiger partial charge on any atom is 0.420 e. The summed E-state index contributed by atoms with van der Waals surface area (Å²) in [6.07, 6.45) is 6.70. The third-order valence-electron chi connectivity index (χ3n) is 5.63. The van der Waals surface area contributed by atoms with Gasteiger partial charge in [-0.05, 0) is 77.0 Å². The van der Waals surface area contributed by atoms with E-state index in [1.807, 2.05) is 39.0 Å². The second-order valence-corrected chi connectivity index (χ2v) is 10.5. The number of amides is 1. The van der Waals surface area contributed by atoms with Crippen LogP contribution in [0.15, 0.2) is 33.5 Å². The number of carbonyl (C=O) groups is 1. The molecule has 0 unspecified atom stereocenters. The Labute approximate surface area is 192 Å². The van der Waals surface area contributed by atoms with Crippen LogP contribution in [0.1, 0.15) is 65.0 Å². The number of aryl methyl sites for hydroxylation is 1. The number of thiol groups is 1. The second-order valence-electron chi connectivity index (χ2n) is 9.18. The minimum absolute atomic E-state index is 0.0493. The molecule has 0 saturated heterocycles. The molecule has 2 atom stereocenters. The molecule has 164 valence electrons. The fourth-order valence-electron chi connectivity index (χ4n) is 4.26. The van der Waals surface area contributed by atoms with Crippen molar-refractivity contribution in [3.05, 3.63) is 44.7 Å². The molecule has 1 aromatic heterocycles. The average Bonchev–Trinajstić information content (AvgIpc) is 2.66. The van der Waals surface area contributed by atoms with Crippen LogP contribution in [0, 0.1) is 5.92 Å². The normalized spacial score (nSPS) is 19.6. The van der Waals surface area contributed by atoms with Gasteiger partial charge in [0.15, 0.2) is 5.43 Å². The third-order valence-corrected chi connectivity index (χ3v) is 6.59. The Hall–Kier alpha value is -1.47. The first-order chi connectivity index (χ1) is 14.1. The van der Waals surface area contributed by atoms with Gasteiger partial charge in [-0.2, -0.15) is 0 Å². The summed E-state index contributed by atoms with van der Waals surface area (Å²) < 4.78 is 7.96. The lowest BCUT2D eigenvalue weighted by Crippen LogP contribution is -2.43. The van der Waals surface area contributed by atoms with Gasteiger partial charge in [-0.25, -0.2) is 4.79 Å². The Balaban J connectivity index is 1.63. The van der Waals surface area contributed by atoms with E-state index < -0.39 is 5.60 Å². The number of nitrogens with zero attached hydrogens (tertiary/aromatic N) is 1. The molecule has 0 radical (unpaired) electrons. The van der Waals surface area contributed by atoms with Gasteiger partial charge in [0, 0.05) is 27.7 Å². The molecule has 0 aliphatic heterocycles. The molecular formula is C23H31BrN2O3S. The highest BCUT2D eigenvalue weighted by Crippen LogP contribution is 2.33. The van der Waals surface area contributed by atoms with Crippen LogP contribution in [0.25, 0.3) is 10.9 Å². The number of aromatic nitrogens is 1. The Morgan fingerprint density at radius 3 is 2.73 bits per heavy atom. The lowest BCUT2D eigenvalue weighted by molar-refractivity contribution is 0.0282. The zero-order valence-corrected chi connectivity index (χ0v) is 20.4. The van der Waals surface area contributed by atoms with E-state index >= 15 is 0 Å². The molecular weight excluding hydrogens is 464 g/mol. The maximum atomic E-state index is 12.5. The maximum absolute atomic E-state index is 12.5. The Morgan fingerprint density at radius 2 is 2.00 bits per heavy atom. The Morgan fingerprint density at radius 1 is 1.27 bits per heavy atom. The van der Waals surface area contributed by atoms with Gasteiger partial charge in [-0.3, -0.25) is 9.10 Å². The van der Waals surface area contributed by atoms with Crippen molar-refractivity contribution in [2.45, 2.75) is 77.4 Å². The lowest BCUT2D eigenvalue weighted by Gasteiger charge is -2.37. The van der Waals surface area contributed by atoms with Crippen LogP contribution in [-0.2, 0) is 11.2 Å². The van der Waals surface area contributed by atoms with Crippen LogP contribution in [-0.4, -0.2) is 27.0 Å². The number of hydrogen-bond acceptors (Lipinski definition) is 4. The van der Waals surface area contributed by atoms with Crippen molar-refractivity contribution in [1.82, 2.24) is 9.29 Å². The van der Waals surface area contributed by atoms with Crippen LogP contribution < -0.4 is 5.43 Å². The topological polar surface area (TPSA) is 62.4 Å². The van der Waals surface area contributed by atoms with Crippen molar-refractivity contribution >= 4 is 45.7 Å². The van der Waals surface area contributed by atoms with E-state index in [2.05, 4.69) is 33.7 Å². The van der Waals surface area contributed by atoms with E-state index in [0.29, 0.717) is 11.3 Å². The summed E-state index contributed by atoms with van der Waals surface area (Å²) in [5, 5.41) is 0.706. The van der Waals surface area contributed by atoms with Crippen molar-refractivity contribution in [1.29, 1.82) is 0 Å². The van der Waals surface area contributed by atoms with Crippen LogP contribution >= 0.6 is 28.7 Å². The first kappa shape index (κ1) is 23.2. The Bertz CT molecular complexity index is 954. The number of H-pyrrole nitrogens is 1. The largest absolute Gasteiger partial charge is 0.443 e. The number of rotatable bonds is 5. The lowest BCUT2D eigenvalue weighted by atomic mass is 9.81. The minimum Gasteiger partial charge on any atom is -0.443 e. The van der Waals surface area contributed by atoms with E-state index in [0.717, 1.165) is 54.2 Å². The molecule has 1 fully saturated rings. The third kappa shape index (κ3) is 6.03. The van der Waals surface area contributed by atoms with Gasteiger partial charge in [-0.15, -0.1) is 0 Å². The van der Waals surface area contributed by atoms with E-state index in [-0.39, 0.29) is 17.6 Å². The highest BCUT2D eigenvalue weighted by Gasteiger charge is 2.33. The number of aromatic amines is 1. The van der Waals surface area contributed by atoms with Gasteiger partial charge in [0.25, 0.3) is 0 Å². The predicted octanol–water partition coefficient (Wildman–Crippen LogP) is 6.25. The van der Waals surface area contributed by atoms with Crippen molar-refractivity contribution in [2.75, 3.05) is 0 Å². The number of hydrogen-bond donors (Lipinski definition) is 2. The van der Waals surface area contributed by atoms with Gasteiger partial charge in [0.05, 0.1) is 5.52 Å². The number of benzene rings is 1. The molecule has 1 aromatic carbocycles. The highest BCUT2D eigenvalue weighted by atomic mass is 79.9. The van der Waals surface area contributed by atoms with E-state index in [1.165, 1.54) is 10.7 Å². The summed E-state index contributed by atoms with van der Waals surface area (Å²) >= 11 is 7.97. The quantitative estimate of drug-likeness (QED) is 0.482. The molecule has 5 nitrogen and oxygen atoms in total. The van der Waals surface area contributed by atoms with Crippen molar-refractivity contribution in [3.63, 3.8) is 0 Å². The number of pyridine rings is 1. The Kier molecular flexibility index (Phi) is 7.56. The number of ether oxygens (including phenoxy) is 1. The van der Waals surface area contributed by atoms with Crippen molar-refractivity contribution in [2.24, 2.45) is 5.92 Å². The average molecular weight is 495 g/mol. The SMILES string of the molecule is CC(C)(C)OC(=O)N(S)[C@H]1CCCC[C@H]1CCCc1cc(=O)c2ccc(Br)cc2[nH]1. The summed E-state index contributed by atoms with van der Waals surface area (Å²) in [6.45, 7) is 5.61. The van der Waals surface area contributed by atoms with E-state index in [9.17, 15) is 9.59 Å². The smallest absolute Gasteiger partial charge is 0.420 e. The minimum atomic E-state index is -0.529. The number of nitrogens with one attached hydrogen (secondary N) is 1. The number of halogens is 1. The molecule has 7 heteroatoms. The zero-order valence-electron chi connectivity index (χ0n) is 17.9. The van der Waals surface area contributed by atoms with Crippen molar-refractivity contribution in [3.8, 4) is 0 Å². The summed E-state index contributed by atoms with van der Waals surface area (Å²) in [6, 6.07) is 7.46. The van der Waals surface area contributed by atoms with Gasteiger partial charge in [0.2, 0.25) is 0 Å². The summed E-state index contributed by atoms with van der Waals surface area (Å²) in [7, 11) is 0. The molecule has 1 saturated carbocycles. The van der Waals surface area contributed by atoms with Crippen LogP contribution in [0.3, 0.4) is 0 Å². The van der Waals surface area contributed by atoms with Gasteiger partial charge in [-0.1, -0.05) is 41.6 Å². The fraction of sp³-hybridized carbons (Fsp3) is 0.565. The number of fused-ring (bicyclic) bond motifs is 1. The molecule has 0 spiro atoms. The van der Waals surface area contributed by atoms with E-state index in [4.69, 9.17) is 4.74 Å². The molecule has 1 aliphatic rings. The predicted molar refractivity (Wildman–Crippen MR) is 128 cm³/mol.